The molecule has 2 atom stereocenters. The van der Waals surface area contributed by atoms with Crippen molar-refractivity contribution in [1.29, 1.82) is 0 Å². The third kappa shape index (κ3) is 3.37. The van der Waals surface area contributed by atoms with Crippen LogP contribution in [0.3, 0.4) is 0 Å². The molecule has 1 fully saturated rings. The van der Waals surface area contributed by atoms with Gasteiger partial charge in [0.05, 0.1) is 28.5 Å². The summed E-state index contributed by atoms with van der Waals surface area (Å²) in [6.45, 7) is 1.83. The van der Waals surface area contributed by atoms with Gasteiger partial charge in [0.1, 0.15) is 0 Å². The second-order valence-corrected chi connectivity index (χ2v) is 9.34. The van der Waals surface area contributed by atoms with E-state index >= 15 is 0 Å². The average molecular weight is 353 g/mol. The van der Waals surface area contributed by atoms with Crippen LogP contribution in [0.25, 0.3) is 5.52 Å². The Bertz CT molecular complexity index is 831. The molecule has 6 nitrogen and oxygen atoms in total. The largest absolute Gasteiger partial charge is 0.341 e. The highest BCUT2D eigenvalue weighted by Crippen LogP contribution is 2.26. The number of fused-ring (bicyclic) bond motifs is 1. The number of carbonyl (C=O) groups excluding carboxylic acids is 1. The molecule has 1 aliphatic heterocycles. The van der Waals surface area contributed by atoms with Gasteiger partial charge < -0.3 is 4.90 Å². The summed E-state index contributed by atoms with van der Waals surface area (Å²) in [4.78, 5) is 18.5. The number of rotatable bonds is 4. The average Bonchev–Trinajstić information content (AvgIpc) is 3.09. The summed E-state index contributed by atoms with van der Waals surface area (Å²) in [5, 5.41) is 0.433. The minimum Gasteiger partial charge on any atom is -0.341 e. The summed E-state index contributed by atoms with van der Waals surface area (Å²) < 4.78 is 25.1. The number of pyridine rings is 1. The summed E-state index contributed by atoms with van der Waals surface area (Å²) >= 11 is 1.39. The third-order valence-corrected chi connectivity index (χ3v) is 6.96. The molecule has 1 saturated heterocycles. The molecule has 0 saturated carbocycles. The summed E-state index contributed by atoms with van der Waals surface area (Å²) in [5.74, 6) is 0.172. The van der Waals surface area contributed by atoms with Crippen molar-refractivity contribution in [3.63, 3.8) is 0 Å². The molecular formula is C15H19N3O3S2. The van der Waals surface area contributed by atoms with Crippen LogP contribution in [0.4, 0.5) is 0 Å². The maximum atomic E-state index is 12.6. The van der Waals surface area contributed by atoms with Crippen molar-refractivity contribution < 1.29 is 13.2 Å². The van der Waals surface area contributed by atoms with Crippen LogP contribution in [0.1, 0.15) is 13.3 Å². The van der Waals surface area contributed by atoms with E-state index in [1.165, 1.54) is 11.8 Å². The fourth-order valence-corrected chi connectivity index (χ4v) is 5.51. The van der Waals surface area contributed by atoms with E-state index < -0.39 is 9.84 Å². The van der Waals surface area contributed by atoms with Crippen LogP contribution in [-0.4, -0.2) is 58.5 Å². The van der Waals surface area contributed by atoms with Crippen LogP contribution < -0.4 is 0 Å². The first kappa shape index (κ1) is 16.3. The van der Waals surface area contributed by atoms with Crippen LogP contribution >= 0.6 is 11.8 Å². The molecular weight excluding hydrogens is 334 g/mol. The number of aromatic nitrogens is 2. The zero-order valence-corrected chi connectivity index (χ0v) is 14.7. The zero-order chi connectivity index (χ0) is 16.6. The first-order valence-corrected chi connectivity index (χ1v) is 10.1. The molecule has 124 valence electrons. The van der Waals surface area contributed by atoms with Crippen molar-refractivity contribution in [1.82, 2.24) is 14.3 Å². The molecule has 0 unspecified atom stereocenters. The Morgan fingerprint density at radius 3 is 2.96 bits per heavy atom. The van der Waals surface area contributed by atoms with Gasteiger partial charge in [-0.3, -0.25) is 9.20 Å². The van der Waals surface area contributed by atoms with Crippen molar-refractivity contribution in [2.45, 2.75) is 29.8 Å². The van der Waals surface area contributed by atoms with Gasteiger partial charge in [0.15, 0.2) is 15.0 Å². The topological polar surface area (TPSA) is 71.8 Å². The van der Waals surface area contributed by atoms with E-state index in [1.807, 2.05) is 35.7 Å². The van der Waals surface area contributed by atoms with Gasteiger partial charge >= 0.3 is 0 Å². The van der Waals surface area contributed by atoms with Gasteiger partial charge in [-0.25, -0.2) is 13.4 Å². The molecule has 0 bridgehead atoms. The fourth-order valence-electron chi connectivity index (χ4n) is 2.76. The van der Waals surface area contributed by atoms with Crippen LogP contribution in [-0.2, 0) is 14.6 Å². The van der Waals surface area contributed by atoms with Crippen molar-refractivity contribution in [3.05, 3.63) is 30.6 Å². The maximum Gasteiger partial charge on any atom is 0.235 e. The second kappa shape index (κ2) is 6.16. The monoisotopic (exact) mass is 353 g/mol. The SMILES string of the molecule is C[C@@H](Sc1ncc2ccccn12)C(=O)N(C)[C@H]1CCS(=O)(=O)C1. The van der Waals surface area contributed by atoms with Gasteiger partial charge in [-0.15, -0.1) is 0 Å². The molecule has 0 N–H and O–H groups in total. The smallest absolute Gasteiger partial charge is 0.235 e. The normalized spacial score (nSPS) is 21.4. The fraction of sp³-hybridized carbons (Fsp3) is 0.467. The molecule has 2 aromatic heterocycles. The Balaban J connectivity index is 1.70. The number of carbonyl (C=O) groups is 1. The van der Waals surface area contributed by atoms with Crippen molar-refractivity contribution >= 4 is 33.0 Å². The Morgan fingerprint density at radius 2 is 2.26 bits per heavy atom. The number of imidazole rings is 1. The number of hydrogen-bond donors (Lipinski definition) is 0. The summed E-state index contributed by atoms with van der Waals surface area (Å²) in [6.07, 6.45) is 4.20. The molecule has 0 spiro atoms. The Labute approximate surface area is 139 Å². The molecule has 3 heterocycles. The van der Waals surface area contributed by atoms with E-state index in [-0.39, 0.29) is 28.7 Å². The first-order chi connectivity index (χ1) is 10.9. The minimum absolute atomic E-state index is 0.0650. The molecule has 3 rings (SSSR count). The van der Waals surface area contributed by atoms with Gasteiger partial charge in [0, 0.05) is 19.3 Å². The van der Waals surface area contributed by atoms with Crippen LogP contribution in [0.5, 0.6) is 0 Å². The van der Waals surface area contributed by atoms with E-state index in [0.717, 1.165) is 10.7 Å². The standard InChI is InChI=1S/C15H19N3O3S2/c1-11(14(19)17(2)13-6-8-23(20,21)10-13)22-15-16-9-12-5-3-4-7-18(12)15/h3-5,7,9,11,13H,6,8,10H2,1-2H3/t11-,13+/m1/s1. The molecule has 0 aromatic carbocycles. The molecule has 0 aliphatic carbocycles. The first-order valence-electron chi connectivity index (χ1n) is 7.43. The Kier molecular flexibility index (Phi) is 4.37. The van der Waals surface area contributed by atoms with Gasteiger partial charge in [0.25, 0.3) is 0 Å². The molecule has 2 aromatic rings. The van der Waals surface area contributed by atoms with Gasteiger partial charge in [-0.2, -0.15) is 0 Å². The second-order valence-electron chi connectivity index (χ2n) is 5.80. The van der Waals surface area contributed by atoms with Crippen LogP contribution in [0, 0.1) is 0 Å². The van der Waals surface area contributed by atoms with E-state index in [2.05, 4.69) is 4.98 Å². The maximum absolute atomic E-state index is 12.6. The van der Waals surface area contributed by atoms with Crippen molar-refractivity contribution in [3.8, 4) is 0 Å². The van der Waals surface area contributed by atoms with Gasteiger partial charge in [-0.1, -0.05) is 17.8 Å². The zero-order valence-electron chi connectivity index (χ0n) is 13.0. The molecule has 1 amide bonds. The molecule has 8 heteroatoms. The minimum atomic E-state index is -3.00. The summed E-state index contributed by atoms with van der Waals surface area (Å²) in [5.41, 5.74) is 0.977. The lowest BCUT2D eigenvalue weighted by Gasteiger charge is -2.26. The molecule has 0 radical (unpaired) electrons. The van der Waals surface area contributed by atoms with Gasteiger partial charge in [0.2, 0.25) is 5.91 Å². The quantitative estimate of drug-likeness (QED) is 0.778. The Hall–Kier alpha value is -1.54. The van der Waals surface area contributed by atoms with Crippen LogP contribution in [0.15, 0.2) is 35.7 Å². The lowest BCUT2D eigenvalue weighted by atomic mass is 10.2. The predicted octanol–water partition coefficient (Wildman–Crippen LogP) is 1.46. The highest BCUT2D eigenvalue weighted by molar-refractivity contribution is 8.00. The lowest BCUT2D eigenvalue weighted by molar-refractivity contribution is -0.130. The van der Waals surface area contributed by atoms with Crippen LogP contribution in [0.2, 0.25) is 0 Å². The number of hydrogen-bond acceptors (Lipinski definition) is 5. The number of thioether (sulfide) groups is 1. The van der Waals surface area contributed by atoms with E-state index in [1.54, 1.807) is 18.1 Å². The molecule has 23 heavy (non-hydrogen) atoms. The highest BCUT2D eigenvalue weighted by atomic mass is 32.2. The lowest BCUT2D eigenvalue weighted by Crippen LogP contribution is -2.41. The van der Waals surface area contributed by atoms with Crippen molar-refractivity contribution in [2.24, 2.45) is 0 Å². The Morgan fingerprint density at radius 1 is 1.48 bits per heavy atom. The summed E-state index contributed by atoms with van der Waals surface area (Å²) in [7, 11) is -1.31. The third-order valence-electron chi connectivity index (χ3n) is 4.14. The van der Waals surface area contributed by atoms with E-state index in [9.17, 15) is 13.2 Å². The number of amides is 1. The molecule has 1 aliphatic rings. The number of nitrogens with zero attached hydrogens (tertiary/aromatic N) is 3. The van der Waals surface area contributed by atoms with Gasteiger partial charge in [-0.05, 0) is 25.5 Å². The highest BCUT2D eigenvalue weighted by Gasteiger charge is 2.34. The number of sulfone groups is 1. The van der Waals surface area contributed by atoms with E-state index in [0.29, 0.717) is 6.42 Å². The van der Waals surface area contributed by atoms with Crippen molar-refractivity contribution in [2.75, 3.05) is 18.6 Å². The predicted molar refractivity (Wildman–Crippen MR) is 90.3 cm³/mol. The summed E-state index contributed by atoms with van der Waals surface area (Å²) in [6, 6.07) is 5.60. The van der Waals surface area contributed by atoms with E-state index in [4.69, 9.17) is 0 Å².